The van der Waals surface area contributed by atoms with Crippen molar-refractivity contribution in [2.75, 3.05) is 0 Å². The topological polar surface area (TPSA) is 26.1 Å². The molecule has 3 aromatic heterocycles. The third kappa shape index (κ3) is 1.61. The molecular formula is C21H15N4+. The second-order valence-electron chi connectivity index (χ2n) is 6.44. The summed E-state index contributed by atoms with van der Waals surface area (Å²) in [6.07, 6.45) is 3.94. The second kappa shape index (κ2) is 4.57. The van der Waals surface area contributed by atoms with E-state index in [4.69, 9.17) is 0 Å². The number of rotatable bonds is 1. The lowest BCUT2D eigenvalue weighted by molar-refractivity contribution is -0.645. The molecule has 0 saturated carbocycles. The number of fused-ring (bicyclic) bond motifs is 7. The highest BCUT2D eigenvalue weighted by Gasteiger charge is 2.36. The first kappa shape index (κ1) is 13.0. The molecule has 0 atom stereocenters. The van der Waals surface area contributed by atoms with Crippen LogP contribution in [0.1, 0.15) is 5.56 Å². The van der Waals surface area contributed by atoms with Gasteiger partial charge in [-0.15, -0.1) is 0 Å². The Labute approximate surface area is 144 Å². The van der Waals surface area contributed by atoms with E-state index in [0.29, 0.717) is 0 Å². The monoisotopic (exact) mass is 323 g/mol. The van der Waals surface area contributed by atoms with Gasteiger partial charge in [-0.3, -0.25) is 4.40 Å². The van der Waals surface area contributed by atoms with Crippen molar-refractivity contribution in [1.29, 1.82) is 0 Å². The van der Waals surface area contributed by atoms with E-state index in [1.807, 2.05) is 12.3 Å². The largest absolute Gasteiger partial charge is 0.297 e. The van der Waals surface area contributed by atoms with Crippen LogP contribution in [-0.2, 0) is 6.54 Å². The SMILES string of the molecule is c1ccc(-n2c3[n+](c4cc5ncccn5c42)Cc2ccccc2-3)cc1. The molecule has 0 spiro atoms. The fourth-order valence-corrected chi connectivity index (χ4v) is 4.03. The molecule has 4 heteroatoms. The minimum Gasteiger partial charge on any atom is -0.264 e. The van der Waals surface area contributed by atoms with Crippen molar-refractivity contribution < 1.29 is 4.57 Å². The highest BCUT2D eigenvalue weighted by atomic mass is 15.2. The average Bonchev–Trinajstić information content (AvgIpc) is 3.30. The molecule has 0 unspecified atom stereocenters. The smallest absolute Gasteiger partial charge is 0.264 e. The van der Waals surface area contributed by atoms with E-state index in [0.717, 1.165) is 12.2 Å². The van der Waals surface area contributed by atoms with Crippen LogP contribution >= 0.6 is 0 Å². The van der Waals surface area contributed by atoms with Crippen LogP contribution in [0.2, 0.25) is 0 Å². The first-order chi connectivity index (χ1) is 12.4. The van der Waals surface area contributed by atoms with E-state index in [1.54, 1.807) is 0 Å². The van der Waals surface area contributed by atoms with Crippen LogP contribution in [0.4, 0.5) is 0 Å². The summed E-state index contributed by atoms with van der Waals surface area (Å²) in [5.74, 6) is 1.24. The summed E-state index contributed by atoms with van der Waals surface area (Å²) in [6, 6.07) is 23.4. The van der Waals surface area contributed by atoms with E-state index in [2.05, 4.69) is 85.4 Å². The van der Waals surface area contributed by atoms with Crippen LogP contribution in [0.3, 0.4) is 0 Å². The lowest BCUT2D eigenvalue weighted by Crippen LogP contribution is -2.31. The molecule has 4 nitrogen and oxygen atoms in total. The molecule has 0 bridgehead atoms. The summed E-state index contributed by atoms with van der Waals surface area (Å²) in [6.45, 7) is 0.902. The Kier molecular flexibility index (Phi) is 2.37. The Balaban J connectivity index is 1.84. The van der Waals surface area contributed by atoms with Crippen LogP contribution in [-0.4, -0.2) is 14.0 Å². The fraction of sp³-hybridized carbons (Fsp3) is 0.0476. The molecule has 4 heterocycles. The predicted molar refractivity (Wildman–Crippen MR) is 96.8 cm³/mol. The summed E-state index contributed by atoms with van der Waals surface area (Å²) in [7, 11) is 0. The van der Waals surface area contributed by atoms with E-state index >= 15 is 0 Å². The van der Waals surface area contributed by atoms with Crippen molar-refractivity contribution in [3.05, 3.63) is 84.7 Å². The highest BCUT2D eigenvalue weighted by Crippen LogP contribution is 2.34. The van der Waals surface area contributed by atoms with Gasteiger partial charge in [-0.25, -0.2) is 9.55 Å². The average molecular weight is 323 g/mol. The van der Waals surface area contributed by atoms with Gasteiger partial charge in [0.15, 0.2) is 5.52 Å². The predicted octanol–water partition coefficient (Wildman–Crippen LogP) is 3.59. The number of nitrogens with zero attached hydrogens (tertiary/aromatic N) is 4. The molecule has 25 heavy (non-hydrogen) atoms. The number of hydrogen-bond acceptors (Lipinski definition) is 1. The summed E-state index contributed by atoms with van der Waals surface area (Å²) in [5, 5.41) is 0. The van der Waals surface area contributed by atoms with Crippen molar-refractivity contribution >= 4 is 16.8 Å². The van der Waals surface area contributed by atoms with Crippen LogP contribution in [0.15, 0.2) is 79.1 Å². The van der Waals surface area contributed by atoms with Gasteiger partial charge in [-0.05, 0) is 24.3 Å². The standard InChI is InChI=1S/C21H15N4/c1-2-8-16(9-3-1)25-20-17-10-5-4-7-15(17)14-24(20)18-13-19-22-11-6-12-23(19)21(18)25/h1-13H,14H2/q+1. The van der Waals surface area contributed by atoms with Gasteiger partial charge in [0.2, 0.25) is 0 Å². The van der Waals surface area contributed by atoms with Crippen molar-refractivity contribution in [2.45, 2.75) is 6.54 Å². The molecule has 0 aliphatic carbocycles. The molecule has 2 aromatic carbocycles. The fourth-order valence-electron chi connectivity index (χ4n) is 4.03. The molecular weight excluding hydrogens is 308 g/mol. The minimum absolute atomic E-state index is 0.902. The van der Waals surface area contributed by atoms with Gasteiger partial charge in [-0.2, -0.15) is 4.57 Å². The number of imidazole rings is 1. The van der Waals surface area contributed by atoms with Crippen LogP contribution in [0.25, 0.3) is 33.9 Å². The summed E-state index contributed by atoms with van der Waals surface area (Å²) in [4.78, 5) is 4.54. The number of hydrogen-bond donors (Lipinski definition) is 0. The minimum atomic E-state index is 0.902. The molecule has 118 valence electrons. The molecule has 1 aliphatic rings. The van der Waals surface area contributed by atoms with Crippen LogP contribution in [0, 0.1) is 0 Å². The summed E-state index contributed by atoms with van der Waals surface area (Å²) >= 11 is 0. The Morgan fingerprint density at radius 1 is 0.920 bits per heavy atom. The Morgan fingerprint density at radius 2 is 1.76 bits per heavy atom. The maximum Gasteiger partial charge on any atom is 0.297 e. The zero-order valence-electron chi connectivity index (χ0n) is 13.5. The van der Waals surface area contributed by atoms with Crippen molar-refractivity contribution in [3.8, 4) is 17.1 Å². The van der Waals surface area contributed by atoms with Crippen LogP contribution in [0.5, 0.6) is 0 Å². The van der Waals surface area contributed by atoms with Gasteiger partial charge < -0.3 is 0 Å². The van der Waals surface area contributed by atoms with E-state index in [-0.39, 0.29) is 0 Å². The maximum absolute atomic E-state index is 4.54. The Bertz CT molecular complexity index is 1260. The normalized spacial score (nSPS) is 12.6. The Morgan fingerprint density at radius 3 is 2.68 bits per heavy atom. The molecule has 6 rings (SSSR count). The van der Waals surface area contributed by atoms with Crippen LogP contribution < -0.4 is 4.57 Å². The molecule has 0 saturated heterocycles. The summed E-state index contributed by atoms with van der Waals surface area (Å²) in [5.41, 5.74) is 7.20. The lowest BCUT2D eigenvalue weighted by atomic mass is 10.1. The third-order valence-corrected chi connectivity index (χ3v) is 5.07. The lowest BCUT2D eigenvalue weighted by Gasteiger charge is -2.02. The number of aromatic nitrogens is 4. The third-order valence-electron chi connectivity index (χ3n) is 5.07. The second-order valence-corrected chi connectivity index (χ2v) is 6.44. The number of benzene rings is 2. The number of para-hydroxylation sites is 1. The van der Waals surface area contributed by atoms with Crippen molar-refractivity contribution in [3.63, 3.8) is 0 Å². The highest BCUT2D eigenvalue weighted by molar-refractivity contribution is 5.83. The first-order valence-corrected chi connectivity index (χ1v) is 8.46. The van der Waals surface area contributed by atoms with E-state index in [1.165, 1.54) is 33.8 Å². The van der Waals surface area contributed by atoms with Gasteiger partial charge in [0.25, 0.3) is 11.5 Å². The Hall–Kier alpha value is -3.40. The van der Waals surface area contributed by atoms with Gasteiger partial charge >= 0.3 is 0 Å². The van der Waals surface area contributed by atoms with Gasteiger partial charge in [0, 0.05) is 24.0 Å². The molecule has 0 amide bonds. The molecule has 0 fully saturated rings. The molecule has 1 aliphatic heterocycles. The van der Waals surface area contributed by atoms with Gasteiger partial charge in [0.1, 0.15) is 17.9 Å². The molecule has 0 N–H and O–H groups in total. The molecule has 5 aromatic rings. The first-order valence-electron chi connectivity index (χ1n) is 8.46. The molecule has 0 radical (unpaired) electrons. The quantitative estimate of drug-likeness (QED) is 0.425. The van der Waals surface area contributed by atoms with E-state index in [9.17, 15) is 0 Å². The van der Waals surface area contributed by atoms with E-state index < -0.39 is 0 Å². The van der Waals surface area contributed by atoms with Gasteiger partial charge in [-0.1, -0.05) is 36.4 Å². The summed E-state index contributed by atoms with van der Waals surface area (Å²) < 4.78 is 6.94. The van der Waals surface area contributed by atoms with Crippen molar-refractivity contribution in [1.82, 2.24) is 14.0 Å². The maximum atomic E-state index is 4.54. The zero-order chi connectivity index (χ0) is 16.4. The zero-order valence-corrected chi connectivity index (χ0v) is 13.5. The van der Waals surface area contributed by atoms with Crippen molar-refractivity contribution in [2.24, 2.45) is 0 Å². The van der Waals surface area contributed by atoms with Gasteiger partial charge in [0.05, 0.1) is 5.56 Å².